The summed E-state index contributed by atoms with van der Waals surface area (Å²) in [5.41, 5.74) is 6.14. The Labute approximate surface area is 236 Å². The number of hydrogen-bond acceptors (Lipinski definition) is 3. The molecule has 0 heterocycles. The fourth-order valence-electron chi connectivity index (χ4n) is 8.39. The van der Waals surface area contributed by atoms with Gasteiger partial charge in [-0.1, -0.05) is 87.9 Å². The lowest BCUT2D eigenvalue weighted by Crippen LogP contribution is -2.35. The van der Waals surface area contributed by atoms with Gasteiger partial charge in [-0.2, -0.15) is 0 Å². The third kappa shape index (κ3) is 5.65. The molecule has 4 fully saturated rings. The molecule has 212 valence electrons. The van der Waals surface area contributed by atoms with Crippen LogP contribution in [0.4, 0.5) is 0 Å². The highest BCUT2D eigenvalue weighted by atomic mass is 16.3. The van der Waals surface area contributed by atoms with E-state index in [0.29, 0.717) is 30.6 Å². The minimum absolute atomic E-state index is 0.0956. The molecule has 0 amide bonds. The van der Waals surface area contributed by atoms with Crippen molar-refractivity contribution in [3.63, 3.8) is 0 Å². The first-order valence-corrected chi connectivity index (χ1v) is 15.6. The summed E-state index contributed by atoms with van der Waals surface area (Å²) in [5.74, 6) is 1.62. The van der Waals surface area contributed by atoms with Gasteiger partial charge in [-0.05, 0) is 103 Å². The minimum Gasteiger partial charge on any atom is -0.393 e. The van der Waals surface area contributed by atoms with Crippen LogP contribution in [0, 0.1) is 23.2 Å². The summed E-state index contributed by atoms with van der Waals surface area (Å²) in [5, 5.41) is 31.7. The van der Waals surface area contributed by atoms with E-state index in [0.717, 1.165) is 43.3 Å². The number of allylic oxidation sites excluding steroid dienone is 4. The van der Waals surface area contributed by atoms with Gasteiger partial charge in [0.2, 0.25) is 0 Å². The Kier molecular flexibility index (Phi) is 8.43. The molecule has 0 aromatic heterocycles. The molecular weight excluding hydrogens is 480 g/mol. The molecule has 0 bridgehead atoms. The molecule has 4 aliphatic rings. The summed E-state index contributed by atoms with van der Waals surface area (Å²) in [6.07, 6.45) is 18.7. The van der Waals surface area contributed by atoms with Crippen molar-refractivity contribution < 1.29 is 15.3 Å². The van der Waals surface area contributed by atoms with Crippen molar-refractivity contribution in [3.05, 3.63) is 83.0 Å². The van der Waals surface area contributed by atoms with E-state index in [2.05, 4.69) is 75.9 Å². The number of aliphatic hydroxyl groups excluding tert-OH is 3. The predicted molar refractivity (Wildman–Crippen MR) is 160 cm³/mol. The van der Waals surface area contributed by atoms with E-state index >= 15 is 0 Å². The highest BCUT2D eigenvalue weighted by Crippen LogP contribution is 2.60. The van der Waals surface area contributed by atoms with Crippen LogP contribution in [-0.2, 0) is 11.8 Å². The zero-order chi connectivity index (χ0) is 27.8. The fourth-order valence-corrected chi connectivity index (χ4v) is 8.39. The molecule has 4 aliphatic carbocycles. The molecule has 3 heteroatoms. The molecule has 0 spiro atoms. The van der Waals surface area contributed by atoms with Gasteiger partial charge >= 0.3 is 0 Å². The second kappa shape index (κ2) is 11.5. The summed E-state index contributed by atoms with van der Waals surface area (Å²) in [6, 6.07) is 8.98. The number of aryl methyl sites for hydroxylation is 1. The maximum atomic E-state index is 11.3. The van der Waals surface area contributed by atoms with Gasteiger partial charge in [0.25, 0.3) is 0 Å². The van der Waals surface area contributed by atoms with Crippen LogP contribution in [0.2, 0.25) is 0 Å². The quantitative estimate of drug-likeness (QED) is 0.308. The van der Waals surface area contributed by atoms with Gasteiger partial charge in [-0.3, -0.25) is 0 Å². The zero-order valence-corrected chi connectivity index (χ0v) is 24.4. The third-order valence-corrected chi connectivity index (χ3v) is 11.0. The lowest BCUT2D eigenvalue weighted by atomic mass is 9.61. The van der Waals surface area contributed by atoms with Gasteiger partial charge in [0.05, 0.1) is 18.3 Å². The first kappa shape index (κ1) is 28.6. The van der Waals surface area contributed by atoms with Crippen LogP contribution >= 0.6 is 0 Å². The molecule has 39 heavy (non-hydrogen) atoms. The lowest BCUT2D eigenvalue weighted by Gasteiger charge is -2.44. The summed E-state index contributed by atoms with van der Waals surface area (Å²) < 4.78 is 0. The van der Waals surface area contributed by atoms with Crippen molar-refractivity contribution in [2.75, 3.05) is 0 Å². The van der Waals surface area contributed by atoms with E-state index in [-0.39, 0.29) is 10.8 Å². The Morgan fingerprint density at radius 1 is 1.05 bits per heavy atom. The largest absolute Gasteiger partial charge is 0.393 e. The molecule has 1 aromatic rings. The minimum atomic E-state index is -0.635. The monoisotopic (exact) mass is 530 g/mol. The average Bonchev–Trinajstić information content (AvgIpc) is 3.65. The molecule has 0 radical (unpaired) electrons. The van der Waals surface area contributed by atoms with E-state index < -0.39 is 18.3 Å². The van der Waals surface area contributed by atoms with Crippen molar-refractivity contribution in [3.8, 4) is 0 Å². The van der Waals surface area contributed by atoms with Crippen molar-refractivity contribution in [1.82, 2.24) is 0 Å². The molecule has 0 aliphatic heterocycles. The first-order valence-electron chi connectivity index (χ1n) is 15.6. The maximum absolute atomic E-state index is 11.3. The van der Waals surface area contributed by atoms with E-state index in [1.165, 1.54) is 42.4 Å². The maximum Gasteiger partial charge on any atom is 0.0817 e. The second-order valence-corrected chi connectivity index (χ2v) is 13.5. The molecule has 3 N–H and O–H groups in total. The fraction of sp³-hybridized carbons (Fsp3) is 0.611. The smallest absolute Gasteiger partial charge is 0.0817 e. The van der Waals surface area contributed by atoms with Crippen LogP contribution in [0.1, 0.15) is 96.1 Å². The lowest BCUT2D eigenvalue weighted by molar-refractivity contribution is 0.0862. The SMILES string of the molecule is C=C1/C(=C\C=C2/CCC[C@]3(C)[C@@H]([C@H](C)/C=C/[C@H](O)C4(c5ccc(CCC)cc5)CC4)CC[C@@H]23)C[C@@H](O)C[C@@H]1O. The Bertz CT molecular complexity index is 1120. The van der Waals surface area contributed by atoms with E-state index in [4.69, 9.17) is 0 Å². The van der Waals surface area contributed by atoms with Crippen LogP contribution in [0.3, 0.4) is 0 Å². The zero-order valence-electron chi connectivity index (χ0n) is 24.4. The Balaban J connectivity index is 1.27. The predicted octanol–water partition coefficient (Wildman–Crippen LogP) is 7.36. The molecule has 0 saturated heterocycles. The van der Waals surface area contributed by atoms with E-state index in [1.54, 1.807) is 0 Å². The number of benzene rings is 1. The molecule has 4 saturated carbocycles. The van der Waals surface area contributed by atoms with Crippen LogP contribution in [-0.4, -0.2) is 33.6 Å². The molecule has 7 atom stereocenters. The van der Waals surface area contributed by atoms with Crippen molar-refractivity contribution in [2.24, 2.45) is 23.2 Å². The van der Waals surface area contributed by atoms with Gasteiger partial charge < -0.3 is 15.3 Å². The molecule has 3 nitrogen and oxygen atoms in total. The topological polar surface area (TPSA) is 60.7 Å². The highest BCUT2D eigenvalue weighted by Gasteiger charge is 2.51. The third-order valence-electron chi connectivity index (χ3n) is 11.0. The number of fused-ring (bicyclic) bond motifs is 1. The van der Waals surface area contributed by atoms with Crippen molar-refractivity contribution >= 4 is 0 Å². The summed E-state index contributed by atoms with van der Waals surface area (Å²) in [7, 11) is 0. The van der Waals surface area contributed by atoms with Gasteiger partial charge in [0.15, 0.2) is 0 Å². The highest BCUT2D eigenvalue weighted by molar-refractivity contribution is 5.39. The van der Waals surface area contributed by atoms with Gasteiger partial charge in [0.1, 0.15) is 0 Å². The summed E-state index contributed by atoms with van der Waals surface area (Å²) in [6.45, 7) is 11.2. The van der Waals surface area contributed by atoms with Crippen LogP contribution in [0.25, 0.3) is 0 Å². The normalized spacial score (nSPS) is 35.9. The van der Waals surface area contributed by atoms with Crippen molar-refractivity contribution in [1.29, 1.82) is 0 Å². The van der Waals surface area contributed by atoms with Crippen LogP contribution in [0.15, 0.2) is 71.9 Å². The first-order chi connectivity index (χ1) is 18.7. The summed E-state index contributed by atoms with van der Waals surface area (Å²) in [4.78, 5) is 0. The summed E-state index contributed by atoms with van der Waals surface area (Å²) >= 11 is 0. The number of hydrogen-bond donors (Lipinski definition) is 3. The van der Waals surface area contributed by atoms with Crippen molar-refractivity contribution in [2.45, 2.75) is 115 Å². The van der Waals surface area contributed by atoms with Crippen LogP contribution < -0.4 is 0 Å². The Morgan fingerprint density at radius 3 is 2.49 bits per heavy atom. The molecular formula is C36H50O3. The van der Waals surface area contributed by atoms with Gasteiger partial charge in [0, 0.05) is 11.8 Å². The van der Waals surface area contributed by atoms with Gasteiger partial charge in [-0.15, -0.1) is 0 Å². The second-order valence-electron chi connectivity index (χ2n) is 13.5. The van der Waals surface area contributed by atoms with Gasteiger partial charge in [-0.25, -0.2) is 0 Å². The van der Waals surface area contributed by atoms with Crippen LogP contribution in [0.5, 0.6) is 0 Å². The van der Waals surface area contributed by atoms with E-state index in [9.17, 15) is 15.3 Å². The Morgan fingerprint density at radius 2 is 1.79 bits per heavy atom. The average molecular weight is 531 g/mol. The Hall–Kier alpha value is -1.94. The number of rotatable bonds is 8. The number of aliphatic hydroxyl groups is 3. The standard InChI is InChI=1S/C36H50O3/c1-5-7-26-10-14-29(15-11-26)36(20-21-36)34(39)18-9-24(2)31-16-17-32-27(8-6-19-35(31,32)4)12-13-28-22-30(37)23-33(38)25(28)3/h9-15,18,24,30-34,37-39H,3,5-8,16-17,19-23H2,1-2,4H3/b18-9+,27-12+,28-13-/t24-,30-,31-,32+,33+,34+,35-/m1/s1. The molecule has 1 aromatic carbocycles. The molecule has 0 unspecified atom stereocenters. The van der Waals surface area contributed by atoms with E-state index in [1.807, 2.05) is 0 Å². The molecule has 5 rings (SSSR count).